The number of hydrogen-bond donors (Lipinski definition) is 1. The maximum atomic E-state index is 13.3. The van der Waals surface area contributed by atoms with Gasteiger partial charge in [-0.05, 0) is 37.6 Å². The second-order valence-electron chi connectivity index (χ2n) is 6.54. The van der Waals surface area contributed by atoms with Crippen molar-refractivity contribution in [1.82, 2.24) is 14.5 Å². The molecule has 0 bridgehead atoms. The summed E-state index contributed by atoms with van der Waals surface area (Å²) in [7, 11) is 1.71. The smallest absolute Gasteiger partial charge is 0.257 e. The summed E-state index contributed by atoms with van der Waals surface area (Å²) in [6.07, 6.45) is 2.01. The average Bonchev–Trinajstić information content (AvgIpc) is 2.65. The molecule has 0 saturated heterocycles. The monoisotopic (exact) mass is 375 g/mol. The Balaban J connectivity index is 2.51. The zero-order valence-corrected chi connectivity index (χ0v) is 16.0. The molecule has 0 spiro atoms. The molecule has 7 heteroatoms. The third-order valence-electron chi connectivity index (χ3n) is 4.50. The van der Waals surface area contributed by atoms with Crippen molar-refractivity contribution in [1.29, 1.82) is 0 Å². The summed E-state index contributed by atoms with van der Waals surface area (Å²) < 4.78 is 14.6. The molecule has 0 aliphatic carbocycles. The molecule has 6 nitrogen and oxygen atoms in total. The number of benzene rings is 1. The molecule has 0 aliphatic heterocycles. The number of nitrogens with zero attached hydrogens (tertiary/aromatic N) is 3. The first-order valence-electron chi connectivity index (χ1n) is 9.10. The van der Waals surface area contributed by atoms with E-state index in [1.165, 1.54) is 28.8 Å². The van der Waals surface area contributed by atoms with E-state index in [1.54, 1.807) is 18.9 Å². The minimum absolute atomic E-state index is 0.155. The largest absolute Gasteiger partial charge is 0.396 e. The zero-order chi connectivity index (χ0) is 20.0. The van der Waals surface area contributed by atoms with Gasteiger partial charge in [-0.25, -0.2) is 9.37 Å². The van der Waals surface area contributed by atoms with E-state index in [-0.39, 0.29) is 31.0 Å². The van der Waals surface area contributed by atoms with Crippen LogP contribution in [0.15, 0.2) is 29.1 Å². The predicted molar refractivity (Wildman–Crippen MR) is 102 cm³/mol. The van der Waals surface area contributed by atoms with Crippen LogP contribution >= 0.6 is 0 Å². The standard InChI is InChI=1S/C20H26FN3O3/c1-4-5-11-23(3)18(26)13-24-19(15-6-8-16(21)9-7-15)22-14(2)17(10-12-25)20(24)27/h6-9,25H,4-5,10-13H2,1-3H3. The van der Waals surface area contributed by atoms with Gasteiger partial charge in [0.2, 0.25) is 5.91 Å². The van der Waals surface area contributed by atoms with E-state index in [4.69, 9.17) is 0 Å². The lowest BCUT2D eigenvalue weighted by atomic mass is 10.1. The van der Waals surface area contributed by atoms with Crippen molar-refractivity contribution in [3.05, 3.63) is 51.7 Å². The second kappa shape index (κ2) is 9.41. The molecule has 146 valence electrons. The quantitative estimate of drug-likeness (QED) is 0.767. The van der Waals surface area contributed by atoms with Gasteiger partial charge >= 0.3 is 0 Å². The lowest BCUT2D eigenvalue weighted by Crippen LogP contribution is -2.37. The summed E-state index contributed by atoms with van der Waals surface area (Å²) in [5, 5.41) is 9.25. The Bertz CT molecular complexity index is 847. The maximum absolute atomic E-state index is 13.3. The highest BCUT2D eigenvalue weighted by molar-refractivity contribution is 5.76. The van der Waals surface area contributed by atoms with Crippen LogP contribution in [0.2, 0.25) is 0 Å². The second-order valence-corrected chi connectivity index (χ2v) is 6.54. The van der Waals surface area contributed by atoms with Gasteiger partial charge in [0.1, 0.15) is 18.2 Å². The van der Waals surface area contributed by atoms with E-state index in [0.29, 0.717) is 29.2 Å². The Morgan fingerprint density at radius 3 is 2.56 bits per heavy atom. The SMILES string of the molecule is CCCCN(C)C(=O)Cn1c(-c2ccc(F)cc2)nc(C)c(CCO)c1=O. The molecule has 2 aromatic rings. The molecule has 0 atom stereocenters. The number of aryl methyl sites for hydroxylation is 1. The Morgan fingerprint density at radius 1 is 1.30 bits per heavy atom. The normalized spacial score (nSPS) is 10.9. The van der Waals surface area contributed by atoms with Crippen LogP contribution in [0.3, 0.4) is 0 Å². The maximum Gasteiger partial charge on any atom is 0.257 e. The Hall–Kier alpha value is -2.54. The van der Waals surface area contributed by atoms with Crippen LogP contribution in [0, 0.1) is 12.7 Å². The van der Waals surface area contributed by atoms with Crippen LogP contribution in [-0.4, -0.2) is 45.7 Å². The van der Waals surface area contributed by atoms with Gasteiger partial charge in [-0.3, -0.25) is 14.2 Å². The van der Waals surface area contributed by atoms with Gasteiger partial charge in [-0.1, -0.05) is 13.3 Å². The predicted octanol–water partition coefficient (Wildman–Crippen LogP) is 2.15. The molecule has 1 N–H and O–H groups in total. The van der Waals surface area contributed by atoms with E-state index < -0.39 is 5.82 Å². The van der Waals surface area contributed by atoms with Gasteiger partial charge < -0.3 is 10.0 Å². The molecule has 2 rings (SSSR count). The van der Waals surface area contributed by atoms with Crippen molar-refractivity contribution in [2.24, 2.45) is 0 Å². The molecule has 0 unspecified atom stereocenters. The lowest BCUT2D eigenvalue weighted by Gasteiger charge is -2.20. The number of unbranched alkanes of at least 4 members (excludes halogenated alkanes) is 1. The molecule has 1 heterocycles. The van der Waals surface area contributed by atoms with Crippen LogP contribution < -0.4 is 5.56 Å². The summed E-state index contributed by atoms with van der Waals surface area (Å²) in [6, 6.07) is 5.64. The highest BCUT2D eigenvalue weighted by Gasteiger charge is 2.19. The van der Waals surface area contributed by atoms with E-state index in [9.17, 15) is 19.1 Å². The van der Waals surface area contributed by atoms with Crippen molar-refractivity contribution in [2.45, 2.75) is 39.7 Å². The molecular formula is C20H26FN3O3. The summed E-state index contributed by atoms with van der Waals surface area (Å²) in [6.45, 7) is 4.01. The molecule has 1 aromatic heterocycles. The lowest BCUT2D eigenvalue weighted by molar-refractivity contribution is -0.130. The number of halogens is 1. The van der Waals surface area contributed by atoms with Crippen molar-refractivity contribution < 1.29 is 14.3 Å². The molecular weight excluding hydrogens is 349 g/mol. The Labute approximate surface area is 158 Å². The number of hydrogen-bond acceptors (Lipinski definition) is 4. The summed E-state index contributed by atoms with van der Waals surface area (Å²) >= 11 is 0. The minimum atomic E-state index is -0.392. The number of amides is 1. The third-order valence-corrected chi connectivity index (χ3v) is 4.50. The highest BCUT2D eigenvalue weighted by atomic mass is 19.1. The molecule has 0 radical (unpaired) electrons. The van der Waals surface area contributed by atoms with Crippen molar-refractivity contribution in [2.75, 3.05) is 20.2 Å². The van der Waals surface area contributed by atoms with Crippen LogP contribution in [0.5, 0.6) is 0 Å². The molecule has 0 aliphatic rings. The van der Waals surface area contributed by atoms with E-state index in [2.05, 4.69) is 4.98 Å². The van der Waals surface area contributed by atoms with E-state index in [1.807, 2.05) is 6.92 Å². The van der Waals surface area contributed by atoms with E-state index in [0.717, 1.165) is 12.8 Å². The highest BCUT2D eigenvalue weighted by Crippen LogP contribution is 2.18. The fourth-order valence-corrected chi connectivity index (χ4v) is 2.84. The zero-order valence-electron chi connectivity index (χ0n) is 16.0. The first-order valence-corrected chi connectivity index (χ1v) is 9.10. The van der Waals surface area contributed by atoms with Gasteiger partial charge in [0, 0.05) is 43.4 Å². The van der Waals surface area contributed by atoms with Gasteiger partial charge in [0.25, 0.3) is 5.56 Å². The number of aromatic nitrogens is 2. The topological polar surface area (TPSA) is 75.4 Å². The molecule has 27 heavy (non-hydrogen) atoms. The van der Waals surface area contributed by atoms with Crippen LogP contribution in [0.4, 0.5) is 4.39 Å². The van der Waals surface area contributed by atoms with Crippen LogP contribution in [-0.2, 0) is 17.8 Å². The first kappa shape index (κ1) is 20.8. The number of aliphatic hydroxyl groups excluding tert-OH is 1. The summed E-state index contributed by atoms with van der Waals surface area (Å²) in [5.41, 5.74) is 1.08. The van der Waals surface area contributed by atoms with Gasteiger partial charge in [0.15, 0.2) is 0 Å². The first-order chi connectivity index (χ1) is 12.9. The fraction of sp³-hybridized carbons (Fsp3) is 0.450. The number of likely N-dealkylation sites (N-methyl/N-ethyl adjacent to an activating group) is 1. The van der Waals surface area contributed by atoms with Crippen molar-refractivity contribution >= 4 is 5.91 Å². The molecule has 1 aromatic carbocycles. The molecule has 0 fully saturated rings. The number of rotatable bonds is 8. The number of carbonyl (C=O) groups excluding carboxylic acids is 1. The summed E-state index contributed by atoms with van der Waals surface area (Å²) in [5.74, 6) is -0.275. The molecule has 0 saturated carbocycles. The van der Waals surface area contributed by atoms with Gasteiger partial charge in [-0.2, -0.15) is 0 Å². The van der Waals surface area contributed by atoms with Crippen molar-refractivity contribution in [3.8, 4) is 11.4 Å². The number of aliphatic hydroxyl groups is 1. The third kappa shape index (κ3) is 5.01. The minimum Gasteiger partial charge on any atom is -0.396 e. The van der Waals surface area contributed by atoms with Crippen LogP contribution in [0.1, 0.15) is 31.0 Å². The Kier molecular flexibility index (Phi) is 7.24. The number of carbonyl (C=O) groups is 1. The summed E-state index contributed by atoms with van der Waals surface area (Å²) in [4.78, 5) is 31.7. The molecule has 1 amide bonds. The van der Waals surface area contributed by atoms with E-state index >= 15 is 0 Å². The van der Waals surface area contributed by atoms with Gasteiger partial charge in [-0.15, -0.1) is 0 Å². The fourth-order valence-electron chi connectivity index (χ4n) is 2.84. The van der Waals surface area contributed by atoms with Crippen molar-refractivity contribution in [3.63, 3.8) is 0 Å². The van der Waals surface area contributed by atoms with Crippen LogP contribution in [0.25, 0.3) is 11.4 Å². The Morgan fingerprint density at radius 2 is 1.96 bits per heavy atom. The van der Waals surface area contributed by atoms with Gasteiger partial charge in [0.05, 0.1) is 0 Å². The average molecular weight is 375 g/mol.